The second kappa shape index (κ2) is 6.22. The molecule has 0 fully saturated rings. The van der Waals surface area contributed by atoms with E-state index in [1.165, 1.54) is 11.3 Å². The zero-order chi connectivity index (χ0) is 14.8. The van der Waals surface area contributed by atoms with E-state index in [0.29, 0.717) is 22.8 Å². The third-order valence-corrected chi connectivity index (χ3v) is 4.25. The number of para-hydroxylation sites is 1. The lowest BCUT2D eigenvalue weighted by Gasteiger charge is -2.26. The monoisotopic (exact) mass is 321 g/mol. The topological polar surface area (TPSA) is 28.2 Å². The van der Waals surface area contributed by atoms with Crippen LogP contribution in [0, 0.1) is 0 Å². The number of fused-ring (bicyclic) bond motifs is 1. The van der Waals surface area contributed by atoms with Crippen molar-refractivity contribution in [3.63, 3.8) is 0 Å². The molecule has 110 valence electrons. The van der Waals surface area contributed by atoms with Gasteiger partial charge in [0.2, 0.25) is 0 Å². The summed E-state index contributed by atoms with van der Waals surface area (Å²) in [6.07, 6.45) is 0. The predicted molar refractivity (Wildman–Crippen MR) is 88.1 cm³/mol. The fourth-order valence-corrected chi connectivity index (χ4v) is 2.98. The summed E-state index contributed by atoms with van der Waals surface area (Å²) in [5, 5.41) is 4.65. The van der Waals surface area contributed by atoms with Crippen molar-refractivity contribution in [3.05, 3.63) is 57.8 Å². The molecule has 1 aromatic carbocycles. The summed E-state index contributed by atoms with van der Waals surface area (Å²) < 4.78 is 0. The number of nitrogens with one attached hydrogen (secondary N) is 1. The van der Waals surface area contributed by atoms with Crippen molar-refractivity contribution in [1.29, 1.82) is 0 Å². The van der Waals surface area contributed by atoms with Gasteiger partial charge in [-0.05, 0) is 30.7 Å². The van der Waals surface area contributed by atoms with E-state index in [1.54, 1.807) is 12.1 Å². The highest BCUT2D eigenvalue weighted by atomic mass is 35.5. The molecule has 1 atom stereocenters. The quantitative estimate of drug-likeness (QED) is 0.850. The molecule has 0 bridgehead atoms. The molecule has 1 unspecified atom stereocenters. The first kappa shape index (κ1) is 14.6. The third-order valence-electron chi connectivity index (χ3n) is 3.69. The second-order valence-electron chi connectivity index (χ2n) is 5.35. The van der Waals surface area contributed by atoms with Crippen LogP contribution in [-0.2, 0) is 13.1 Å². The highest BCUT2D eigenvalue weighted by Gasteiger charge is 2.20. The standard InChI is InChI=1S/C16H17Cl2N3/c1-11-9-21(10-14-13(17)6-7-16(18)20-14)15-5-3-2-4-12(15)8-19-11/h2-7,11,19H,8-10H2,1H3. The van der Waals surface area contributed by atoms with Crippen LogP contribution in [0.25, 0.3) is 0 Å². The smallest absolute Gasteiger partial charge is 0.129 e. The number of aromatic nitrogens is 1. The number of halogens is 2. The summed E-state index contributed by atoms with van der Waals surface area (Å²) in [6, 6.07) is 12.4. The molecule has 21 heavy (non-hydrogen) atoms. The zero-order valence-electron chi connectivity index (χ0n) is 11.8. The van der Waals surface area contributed by atoms with Crippen LogP contribution in [0.2, 0.25) is 10.2 Å². The van der Waals surface area contributed by atoms with Gasteiger partial charge in [0.1, 0.15) is 5.15 Å². The van der Waals surface area contributed by atoms with Crippen molar-refractivity contribution in [1.82, 2.24) is 10.3 Å². The number of hydrogen-bond acceptors (Lipinski definition) is 3. The molecule has 5 heteroatoms. The summed E-state index contributed by atoms with van der Waals surface area (Å²) in [4.78, 5) is 6.68. The Kier molecular flexibility index (Phi) is 4.34. The van der Waals surface area contributed by atoms with Gasteiger partial charge in [0.05, 0.1) is 17.3 Å². The molecular formula is C16H17Cl2N3. The van der Waals surface area contributed by atoms with Gasteiger partial charge in [-0.2, -0.15) is 0 Å². The Hall–Kier alpha value is -1.29. The van der Waals surface area contributed by atoms with Crippen molar-refractivity contribution < 1.29 is 0 Å². The van der Waals surface area contributed by atoms with E-state index in [9.17, 15) is 0 Å². The minimum absolute atomic E-state index is 0.398. The molecule has 3 rings (SSSR count). The van der Waals surface area contributed by atoms with Crippen LogP contribution in [0.4, 0.5) is 5.69 Å². The first-order valence-electron chi connectivity index (χ1n) is 7.00. The molecule has 2 heterocycles. The Bertz CT molecular complexity index is 645. The van der Waals surface area contributed by atoms with Crippen LogP contribution >= 0.6 is 23.2 Å². The number of rotatable bonds is 2. The van der Waals surface area contributed by atoms with Gasteiger partial charge in [0.15, 0.2) is 0 Å². The van der Waals surface area contributed by atoms with Crippen LogP contribution in [0.15, 0.2) is 36.4 Å². The molecule has 0 amide bonds. The van der Waals surface area contributed by atoms with Crippen LogP contribution in [-0.4, -0.2) is 17.6 Å². The molecule has 1 aliphatic heterocycles. The Labute approximate surface area is 134 Å². The minimum Gasteiger partial charge on any atom is -0.364 e. The lowest BCUT2D eigenvalue weighted by Crippen LogP contribution is -2.35. The number of hydrogen-bond donors (Lipinski definition) is 1. The fourth-order valence-electron chi connectivity index (χ4n) is 2.65. The Morgan fingerprint density at radius 1 is 1.24 bits per heavy atom. The van der Waals surface area contributed by atoms with Crippen LogP contribution < -0.4 is 10.2 Å². The number of pyridine rings is 1. The zero-order valence-corrected chi connectivity index (χ0v) is 13.3. The summed E-state index contributed by atoms with van der Waals surface area (Å²) in [5.74, 6) is 0. The highest BCUT2D eigenvalue weighted by Crippen LogP contribution is 2.27. The van der Waals surface area contributed by atoms with Crippen LogP contribution in [0.5, 0.6) is 0 Å². The van der Waals surface area contributed by atoms with E-state index < -0.39 is 0 Å². The number of benzene rings is 1. The number of nitrogens with zero attached hydrogens (tertiary/aromatic N) is 2. The Morgan fingerprint density at radius 2 is 2.05 bits per heavy atom. The molecule has 1 aliphatic rings. The summed E-state index contributed by atoms with van der Waals surface area (Å²) >= 11 is 12.3. The maximum Gasteiger partial charge on any atom is 0.129 e. The van der Waals surface area contributed by atoms with E-state index >= 15 is 0 Å². The largest absolute Gasteiger partial charge is 0.364 e. The van der Waals surface area contributed by atoms with E-state index in [-0.39, 0.29) is 0 Å². The molecule has 3 nitrogen and oxygen atoms in total. The first-order chi connectivity index (χ1) is 10.1. The van der Waals surface area contributed by atoms with Crippen LogP contribution in [0.1, 0.15) is 18.2 Å². The first-order valence-corrected chi connectivity index (χ1v) is 7.76. The molecule has 0 saturated carbocycles. The maximum atomic E-state index is 6.26. The van der Waals surface area contributed by atoms with E-state index in [0.717, 1.165) is 18.8 Å². The van der Waals surface area contributed by atoms with Gasteiger partial charge in [-0.25, -0.2) is 4.98 Å². The van der Waals surface area contributed by atoms with E-state index in [2.05, 4.69) is 46.4 Å². The van der Waals surface area contributed by atoms with Gasteiger partial charge in [0.25, 0.3) is 0 Å². The molecule has 1 N–H and O–H groups in total. The fraction of sp³-hybridized carbons (Fsp3) is 0.312. The normalized spacial score (nSPS) is 18.2. The molecule has 0 radical (unpaired) electrons. The average Bonchev–Trinajstić information content (AvgIpc) is 2.63. The van der Waals surface area contributed by atoms with E-state index in [1.807, 2.05) is 0 Å². The van der Waals surface area contributed by atoms with Crippen molar-refractivity contribution in [3.8, 4) is 0 Å². The Morgan fingerprint density at radius 3 is 2.90 bits per heavy atom. The van der Waals surface area contributed by atoms with E-state index in [4.69, 9.17) is 23.2 Å². The maximum absolute atomic E-state index is 6.26. The third kappa shape index (κ3) is 3.31. The second-order valence-corrected chi connectivity index (χ2v) is 6.15. The Balaban J connectivity index is 1.94. The van der Waals surface area contributed by atoms with Crippen molar-refractivity contribution in [2.24, 2.45) is 0 Å². The van der Waals surface area contributed by atoms with Gasteiger partial charge in [-0.15, -0.1) is 0 Å². The van der Waals surface area contributed by atoms with Crippen LogP contribution in [0.3, 0.4) is 0 Å². The SMILES string of the molecule is CC1CN(Cc2nc(Cl)ccc2Cl)c2ccccc2CN1. The summed E-state index contributed by atoms with van der Waals surface area (Å²) in [6.45, 7) is 4.63. The van der Waals surface area contributed by atoms with Gasteiger partial charge >= 0.3 is 0 Å². The highest BCUT2D eigenvalue weighted by molar-refractivity contribution is 6.32. The van der Waals surface area contributed by atoms with Crippen molar-refractivity contribution in [2.75, 3.05) is 11.4 Å². The van der Waals surface area contributed by atoms with Gasteiger partial charge in [0, 0.05) is 24.8 Å². The average molecular weight is 322 g/mol. The lowest BCUT2D eigenvalue weighted by molar-refractivity contribution is 0.551. The summed E-state index contributed by atoms with van der Waals surface area (Å²) in [5.41, 5.74) is 3.33. The molecule has 0 aliphatic carbocycles. The van der Waals surface area contributed by atoms with Gasteiger partial charge in [-0.1, -0.05) is 41.4 Å². The predicted octanol–water partition coefficient (Wildman–Crippen LogP) is 3.89. The number of anilines is 1. The lowest BCUT2D eigenvalue weighted by atomic mass is 10.1. The van der Waals surface area contributed by atoms with Gasteiger partial charge < -0.3 is 10.2 Å². The van der Waals surface area contributed by atoms with Crippen molar-refractivity contribution >= 4 is 28.9 Å². The van der Waals surface area contributed by atoms with Crippen molar-refractivity contribution in [2.45, 2.75) is 26.1 Å². The molecule has 1 aromatic heterocycles. The van der Waals surface area contributed by atoms with Gasteiger partial charge in [-0.3, -0.25) is 0 Å². The molecule has 2 aromatic rings. The molecule has 0 saturated heterocycles. The minimum atomic E-state index is 0.398. The molecular weight excluding hydrogens is 305 g/mol. The molecule has 0 spiro atoms. The summed E-state index contributed by atoms with van der Waals surface area (Å²) in [7, 11) is 0.